The van der Waals surface area contributed by atoms with Gasteiger partial charge >= 0.3 is 0 Å². The van der Waals surface area contributed by atoms with Gasteiger partial charge in [0.15, 0.2) is 5.01 Å². The van der Waals surface area contributed by atoms with Crippen LogP contribution in [0.2, 0.25) is 0 Å². The standard InChI is InChI=1S/C28H25FN4O3S/c1-17-15-30-28(37-17)27(34)32-18(2)26(19-5-4-6-23(13-19)35-3)36-24-11-12-25-20(14-24)16-31-33(25)22-9-7-21(29)8-10-22/h4-16,18,26H,1-3H3,(H,32,34). The SMILES string of the molecule is COc1cccc(C(Oc2ccc3c(cnn3-c3ccc(F)cc3)c2)C(C)NC(=O)c2ncc(C)s2)c1. The fraction of sp³-hybridized carbons (Fsp3) is 0.179. The van der Waals surface area contributed by atoms with Crippen molar-refractivity contribution in [3.05, 3.63) is 100 Å². The zero-order chi connectivity index (χ0) is 25.9. The maximum atomic E-state index is 13.4. The third kappa shape index (κ3) is 5.31. The molecule has 2 unspecified atom stereocenters. The first-order valence-electron chi connectivity index (χ1n) is 11.7. The normalized spacial score (nSPS) is 12.8. The number of hydrogen-bond acceptors (Lipinski definition) is 6. The second-order valence-corrected chi connectivity index (χ2v) is 9.84. The lowest BCUT2D eigenvalue weighted by Gasteiger charge is -2.26. The van der Waals surface area contributed by atoms with Crippen LogP contribution in [0.1, 0.15) is 33.3 Å². The van der Waals surface area contributed by atoms with Crippen LogP contribution in [0.3, 0.4) is 0 Å². The van der Waals surface area contributed by atoms with Crippen LogP contribution in [-0.2, 0) is 0 Å². The highest BCUT2D eigenvalue weighted by Gasteiger charge is 2.25. The number of benzene rings is 3. The quantitative estimate of drug-likeness (QED) is 0.279. The first-order valence-corrected chi connectivity index (χ1v) is 12.5. The number of rotatable bonds is 8. The highest BCUT2D eigenvalue weighted by Crippen LogP contribution is 2.30. The van der Waals surface area contributed by atoms with Gasteiger partial charge in [-0.3, -0.25) is 4.79 Å². The number of fused-ring (bicyclic) bond motifs is 1. The van der Waals surface area contributed by atoms with E-state index >= 15 is 0 Å². The molecule has 5 aromatic rings. The maximum Gasteiger partial charge on any atom is 0.280 e. The lowest BCUT2D eigenvalue weighted by Crippen LogP contribution is -2.39. The molecule has 5 rings (SSSR count). The van der Waals surface area contributed by atoms with Crippen molar-refractivity contribution >= 4 is 28.1 Å². The Kier molecular flexibility index (Phi) is 6.87. The van der Waals surface area contributed by atoms with E-state index in [4.69, 9.17) is 9.47 Å². The van der Waals surface area contributed by atoms with E-state index in [9.17, 15) is 9.18 Å². The van der Waals surface area contributed by atoms with E-state index in [-0.39, 0.29) is 17.8 Å². The number of ether oxygens (including phenoxy) is 2. The molecule has 3 aromatic carbocycles. The molecule has 37 heavy (non-hydrogen) atoms. The van der Waals surface area contributed by atoms with E-state index in [1.807, 2.05) is 56.3 Å². The van der Waals surface area contributed by atoms with Gasteiger partial charge in [-0.2, -0.15) is 5.10 Å². The summed E-state index contributed by atoms with van der Waals surface area (Å²) in [6, 6.07) is 19.0. The number of nitrogens with zero attached hydrogens (tertiary/aromatic N) is 3. The Bertz CT molecular complexity index is 1550. The number of carbonyl (C=O) groups excluding carboxylic acids is 1. The number of hydrogen-bond donors (Lipinski definition) is 1. The largest absolute Gasteiger partial charge is 0.497 e. The van der Waals surface area contributed by atoms with Crippen molar-refractivity contribution in [3.63, 3.8) is 0 Å². The molecule has 188 valence electrons. The van der Waals surface area contributed by atoms with Crippen LogP contribution in [-0.4, -0.2) is 33.8 Å². The molecule has 7 nitrogen and oxygen atoms in total. The summed E-state index contributed by atoms with van der Waals surface area (Å²) in [5.74, 6) is 0.755. The van der Waals surface area contributed by atoms with Gasteiger partial charge in [-0.25, -0.2) is 14.1 Å². The molecule has 2 atom stereocenters. The van der Waals surface area contributed by atoms with Crippen LogP contribution >= 0.6 is 11.3 Å². The third-order valence-electron chi connectivity index (χ3n) is 5.92. The van der Waals surface area contributed by atoms with Crippen molar-refractivity contribution in [3.8, 4) is 17.2 Å². The predicted octanol–water partition coefficient (Wildman–Crippen LogP) is 5.88. The maximum absolute atomic E-state index is 13.4. The summed E-state index contributed by atoms with van der Waals surface area (Å²) in [7, 11) is 1.61. The predicted molar refractivity (Wildman–Crippen MR) is 141 cm³/mol. The molecule has 0 spiro atoms. The molecule has 0 fully saturated rings. The van der Waals surface area contributed by atoms with Crippen molar-refractivity contribution in [1.29, 1.82) is 0 Å². The van der Waals surface area contributed by atoms with Crippen LogP contribution in [0.4, 0.5) is 4.39 Å². The number of nitrogens with one attached hydrogen (secondary N) is 1. The van der Waals surface area contributed by atoms with Crippen LogP contribution in [0.5, 0.6) is 11.5 Å². The third-order valence-corrected chi connectivity index (χ3v) is 6.84. The van der Waals surface area contributed by atoms with Crippen molar-refractivity contribution in [1.82, 2.24) is 20.1 Å². The number of methoxy groups -OCH3 is 1. The Hall–Kier alpha value is -4.24. The van der Waals surface area contributed by atoms with Gasteiger partial charge in [0.25, 0.3) is 5.91 Å². The van der Waals surface area contributed by atoms with Gasteiger partial charge in [0.2, 0.25) is 0 Å². The number of amides is 1. The molecular formula is C28H25FN4O3S. The van der Waals surface area contributed by atoms with Crippen LogP contribution in [0.15, 0.2) is 79.1 Å². The summed E-state index contributed by atoms with van der Waals surface area (Å²) in [4.78, 5) is 18.0. The molecule has 0 bridgehead atoms. The Morgan fingerprint density at radius 1 is 1.05 bits per heavy atom. The highest BCUT2D eigenvalue weighted by molar-refractivity contribution is 7.13. The van der Waals surface area contributed by atoms with Gasteiger partial charge in [0, 0.05) is 16.5 Å². The van der Waals surface area contributed by atoms with E-state index in [1.54, 1.807) is 36.3 Å². The monoisotopic (exact) mass is 516 g/mol. The van der Waals surface area contributed by atoms with Crippen molar-refractivity contribution in [2.75, 3.05) is 7.11 Å². The second kappa shape index (κ2) is 10.4. The number of carbonyl (C=O) groups is 1. The van der Waals surface area contributed by atoms with Crippen LogP contribution in [0, 0.1) is 12.7 Å². The first kappa shape index (κ1) is 24.5. The summed E-state index contributed by atoms with van der Waals surface area (Å²) >= 11 is 1.34. The smallest absolute Gasteiger partial charge is 0.280 e. The van der Waals surface area contributed by atoms with Gasteiger partial charge in [0.1, 0.15) is 23.4 Å². The minimum atomic E-state index is -0.510. The minimum absolute atomic E-state index is 0.252. The minimum Gasteiger partial charge on any atom is -0.497 e. The Labute approximate surface area is 217 Å². The fourth-order valence-corrected chi connectivity index (χ4v) is 4.77. The lowest BCUT2D eigenvalue weighted by molar-refractivity contribution is 0.0881. The molecule has 0 aliphatic carbocycles. The number of aromatic nitrogens is 3. The molecular weight excluding hydrogens is 491 g/mol. The highest BCUT2D eigenvalue weighted by atomic mass is 32.1. The Morgan fingerprint density at radius 2 is 1.86 bits per heavy atom. The Morgan fingerprint density at radius 3 is 2.59 bits per heavy atom. The lowest BCUT2D eigenvalue weighted by atomic mass is 10.0. The summed E-state index contributed by atoms with van der Waals surface area (Å²) < 4.78 is 27.0. The van der Waals surface area contributed by atoms with Crippen molar-refractivity contribution in [2.45, 2.75) is 26.0 Å². The molecule has 0 aliphatic heterocycles. The molecule has 0 saturated carbocycles. The van der Waals surface area contributed by atoms with Gasteiger partial charge in [0.05, 0.1) is 30.6 Å². The van der Waals surface area contributed by atoms with Crippen LogP contribution in [0.25, 0.3) is 16.6 Å². The van der Waals surface area contributed by atoms with Gasteiger partial charge in [-0.05, 0) is 74.0 Å². The van der Waals surface area contributed by atoms with Gasteiger partial charge < -0.3 is 14.8 Å². The molecule has 2 aromatic heterocycles. The summed E-state index contributed by atoms with van der Waals surface area (Å²) in [6.07, 6.45) is 2.91. The summed E-state index contributed by atoms with van der Waals surface area (Å²) in [5.41, 5.74) is 2.47. The van der Waals surface area contributed by atoms with E-state index in [0.717, 1.165) is 27.0 Å². The van der Waals surface area contributed by atoms with Crippen LogP contribution < -0.4 is 14.8 Å². The number of thiazole rings is 1. The molecule has 9 heteroatoms. The zero-order valence-corrected chi connectivity index (χ0v) is 21.3. The molecule has 0 saturated heterocycles. The summed E-state index contributed by atoms with van der Waals surface area (Å²) in [6.45, 7) is 3.81. The average Bonchev–Trinajstić information content (AvgIpc) is 3.54. The van der Waals surface area contributed by atoms with E-state index < -0.39 is 6.10 Å². The number of aryl methyl sites for hydroxylation is 1. The van der Waals surface area contributed by atoms with Crippen molar-refractivity contribution < 1.29 is 18.7 Å². The van der Waals surface area contributed by atoms with E-state index in [2.05, 4.69) is 15.4 Å². The molecule has 0 aliphatic rings. The fourth-order valence-electron chi connectivity index (χ4n) is 4.10. The van der Waals surface area contributed by atoms with E-state index in [0.29, 0.717) is 16.5 Å². The van der Waals surface area contributed by atoms with Gasteiger partial charge in [-0.1, -0.05) is 12.1 Å². The van der Waals surface area contributed by atoms with E-state index in [1.165, 1.54) is 23.5 Å². The van der Waals surface area contributed by atoms with Crippen molar-refractivity contribution in [2.24, 2.45) is 0 Å². The first-order chi connectivity index (χ1) is 17.9. The second-order valence-electron chi connectivity index (χ2n) is 8.61. The number of halogens is 1. The Balaban J connectivity index is 1.44. The van der Waals surface area contributed by atoms with Gasteiger partial charge in [-0.15, -0.1) is 11.3 Å². The summed E-state index contributed by atoms with van der Waals surface area (Å²) in [5, 5.41) is 8.76. The molecule has 0 radical (unpaired) electrons. The molecule has 1 N–H and O–H groups in total. The topological polar surface area (TPSA) is 78.3 Å². The molecule has 1 amide bonds. The zero-order valence-electron chi connectivity index (χ0n) is 20.5. The molecule has 2 heterocycles. The average molecular weight is 517 g/mol.